The lowest BCUT2D eigenvalue weighted by atomic mass is 10.0. The summed E-state index contributed by atoms with van der Waals surface area (Å²) in [6.07, 6.45) is 68.3. The Morgan fingerprint density at radius 3 is 1.27 bits per heavy atom. The summed E-state index contributed by atoms with van der Waals surface area (Å²) >= 11 is 0. The second-order valence-electron chi connectivity index (χ2n) is 15.1. The molecule has 2 unspecified atom stereocenters. The first-order valence-corrected chi connectivity index (χ1v) is 23.0. The molecule has 0 saturated carbocycles. The zero-order valence-corrected chi connectivity index (χ0v) is 35.9. The van der Waals surface area contributed by atoms with Gasteiger partial charge in [0.1, 0.15) is 0 Å². The highest BCUT2D eigenvalue weighted by molar-refractivity contribution is 5.76. The van der Waals surface area contributed by atoms with E-state index in [1.807, 2.05) is 6.08 Å². The van der Waals surface area contributed by atoms with Gasteiger partial charge in [0, 0.05) is 6.42 Å². The Morgan fingerprint density at radius 2 is 0.818 bits per heavy atom. The standard InChI is InChI=1S/C51H87NO3/c1-3-5-7-9-11-13-14-15-16-17-18-19-20-21-22-23-24-25-26-27-28-29-30-31-32-33-34-35-36-37-38-39-41-43-45-47-51(55)52-49(48-53)50(54)46-44-42-40-12-10-8-6-4-2/h5,7,10-13,15-16,18-19,21-22,24-25,44,46,49-50,53-54H,3-4,6,8-9,14,17,20,23,26-43,45,47-48H2,1-2H3,(H,52,55)/b7-5-,12-10+,13-11-,16-15-,19-18-,22-21-,25-24-,46-44+. The molecule has 0 bridgehead atoms. The Labute approximate surface area is 341 Å². The molecule has 0 saturated heterocycles. The average molecular weight is 762 g/mol. The second kappa shape index (κ2) is 45.7. The highest BCUT2D eigenvalue weighted by Gasteiger charge is 2.17. The monoisotopic (exact) mass is 762 g/mol. The van der Waals surface area contributed by atoms with Gasteiger partial charge in [0.25, 0.3) is 0 Å². The van der Waals surface area contributed by atoms with Gasteiger partial charge in [0.05, 0.1) is 18.8 Å². The maximum atomic E-state index is 12.3. The van der Waals surface area contributed by atoms with Crippen LogP contribution in [0.1, 0.15) is 200 Å². The van der Waals surface area contributed by atoms with Crippen LogP contribution >= 0.6 is 0 Å². The van der Waals surface area contributed by atoms with E-state index in [0.717, 1.165) is 70.6 Å². The third-order valence-electron chi connectivity index (χ3n) is 9.80. The van der Waals surface area contributed by atoms with E-state index < -0.39 is 12.1 Å². The quantitative estimate of drug-likeness (QED) is 0.0430. The first-order chi connectivity index (χ1) is 27.2. The molecule has 0 rings (SSSR count). The summed E-state index contributed by atoms with van der Waals surface area (Å²) in [6, 6.07) is -0.640. The van der Waals surface area contributed by atoms with Crippen molar-refractivity contribution >= 4 is 5.91 Å². The molecule has 0 spiro atoms. The molecule has 2 atom stereocenters. The molecule has 1 amide bonds. The smallest absolute Gasteiger partial charge is 0.220 e. The molecule has 0 aromatic rings. The molecule has 314 valence electrons. The fraction of sp³-hybridized carbons (Fsp3) is 0.667. The molecule has 4 heteroatoms. The topological polar surface area (TPSA) is 69.6 Å². The number of aliphatic hydroxyl groups is 2. The molecule has 0 aromatic carbocycles. The van der Waals surface area contributed by atoms with E-state index in [4.69, 9.17) is 0 Å². The van der Waals surface area contributed by atoms with Crippen molar-refractivity contribution in [1.82, 2.24) is 5.32 Å². The number of carbonyl (C=O) groups is 1. The lowest BCUT2D eigenvalue weighted by molar-refractivity contribution is -0.123. The number of rotatable bonds is 40. The molecule has 0 aromatic heterocycles. The van der Waals surface area contributed by atoms with Crippen LogP contribution in [0.3, 0.4) is 0 Å². The molecule has 55 heavy (non-hydrogen) atoms. The van der Waals surface area contributed by atoms with Crippen LogP contribution in [0.4, 0.5) is 0 Å². The van der Waals surface area contributed by atoms with Crippen LogP contribution in [-0.4, -0.2) is 34.9 Å². The largest absolute Gasteiger partial charge is 0.394 e. The number of unbranched alkanes of at least 4 members (excludes halogenated alkanes) is 19. The summed E-state index contributed by atoms with van der Waals surface area (Å²) in [5.74, 6) is -0.0813. The molecule has 0 aliphatic rings. The van der Waals surface area contributed by atoms with Crippen molar-refractivity contribution in [2.24, 2.45) is 0 Å². The van der Waals surface area contributed by atoms with Crippen LogP contribution in [0.5, 0.6) is 0 Å². The minimum absolute atomic E-state index is 0.0813. The van der Waals surface area contributed by atoms with E-state index >= 15 is 0 Å². The van der Waals surface area contributed by atoms with Crippen LogP contribution < -0.4 is 5.32 Å². The first kappa shape index (κ1) is 52.3. The Balaban J connectivity index is 3.49. The zero-order chi connectivity index (χ0) is 40.0. The molecular formula is C51H87NO3. The summed E-state index contributed by atoms with van der Waals surface area (Å²) in [5, 5.41) is 22.8. The SMILES string of the molecule is CC/C=C\C/C=C\C/C=C\C/C=C\C/C=C\C/C=C\CCCCCCCCCCCCCCCCCCC(=O)NC(CO)C(O)/C=C/CC/C=C/CCCC. The van der Waals surface area contributed by atoms with Crippen molar-refractivity contribution in [2.75, 3.05) is 6.61 Å². The van der Waals surface area contributed by atoms with Crippen LogP contribution in [-0.2, 0) is 4.79 Å². The Hall–Kier alpha value is -2.69. The van der Waals surface area contributed by atoms with Crippen LogP contribution in [0.15, 0.2) is 97.2 Å². The Kier molecular flexibility index (Phi) is 43.5. The van der Waals surface area contributed by atoms with Crippen molar-refractivity contribution in [2.45, 2.75) is 212 Å². The van der Waals surface area contributed by atoms with Crippen LogP contribution in [0, 0.1) is 0 Å². The predicted octanol–water partition coefficient (Wildman–Crippen LogP) is 14.6. The highest BCUT2D eigenvalue weighted by Crippen LogP contribution is 2.15. The number of aliphatic hydroxyl groups excluding tert-OH is 2. The van der Waals surface area contributed by atoms with Gasteiger partial charge in [-0.05, 0) is 77.0 Å². The maximum absolute atomic E-state index is 12.3. The summed E-state index contributed by atoms with van der Waals surface area (Å²) in [7, 11) is 0. The number of hydrogen-bond acceptors (Lipinski definition) is 3. The number of amides is 1. The second-order valence-corrected chi connectivity index (χ2v) is 15.1. The number of carbonyl (C=O) groups excluding carboxylic acids is 1. The van der Waals surface area contributed by atoms with Gasteiger partial charge in [0.2, 0.25) is 5.91 Å². The normalized spacial score (nSPS) is 13.9. The molecular weight excluding hydrogens is 675 g/mol. The summed E-state index contributed by atoms with van der Waals surface area (Å²) in [4.78, 5) is 12.3. The molecule has 0 radical (unpaired) electrons. The molecule has 3 N–H and O–H groups in total. The molecule has 0 aliphatic carbocycles. The predicted molar refractivity (Wildman–Crippen MR) is 243 cm³/mol. The zero-order valence-electron chi connectivity index (χ0n) is 35.9. The minimum atomic E-state index is -0.862. The average Bonchev–Trinajstić information content (AvgIpc) is 3.19. The van der Waals surface area contributed by atoms with Gasteiger partial charge >= 0.3 is 0 Å². The van der Waals surface area contributed by atoms with Crippen LogP contribution in [0.2, 0.25) is 0 Å². The van der Waals surface area contributed by atoms with Crippen molar-refractivity contribution in [3.8, 4) is 0 Å². The lowest BCUT2D eigenvalue weighted by Gasteiger charge is -2.19. The van der Waals surface area contributed by atoms with E-state index in [-0.39, 0.29) is 12.5 Å². The maximum Gasteiger partial charge on any atom is 0.220 e. The summed E-state index contributed by atoms with van der Waals surface area (Å²) < 4.78 is 0. The molecule has 0 aliphatic heterocycles. The van der Waals surface area contributed by atoms with Gasteiger partial charge in [0.15, 0.2) is 0 Å². The molecule has 4 nitrogen and oxygen atoms in total. The van der Waals surface area contributed by atoms with E-state index in [1.165, 1.54) is 109 Å². The minimum Gasteiger partial charge on any atom is -0.394 e. The fourth-order valence-electron chi connectivity index (χ4n) is 6.30. The summed E-state index contributed by atoms with van der Waals surface area (Å²) in [5.41, 5.74) is 0. The van der Waals surface area contributed by atoms with Gasteiger partial charge in [-0.25, -0.2) is 0 Å². The van der Waals surface area contributed by atoms with E-state index in [9.17, 15) is 15.0 Å². The van der Waals surface area contributed by atoms with Crippen molar-refractivity contribution in [1.29, 1.82) is 0 Å². The molecule has 0 fully saturated rings. The van der Waals surface area contributed by atoms with E-state index in [0.29, 0.717) is 6.42 Å². The number of allylic oxidation sites excluding steroid dienone is 15. The third kappa shape index (κ3) is 42.3. The van der Waals surface area contributed by atoms with E-state index in [1.54, 1.807) is 6.08 Å². The van der Waals surface area contributed by atoms with Crippen molar-refractivity contribution < 1.29 is 15.0 Å². The van der Waals surface area contributed by atoms with Crippen LogP contribution in [0.25, 0.3) is 0 Å². The van der Waals surface area contributed by atoms with Gasteiger partial charge in [-0.2, -0.15) is 0 Å². The van der Waals surface area contributed by atoms with Gasteiger partial charge in [-0.15, -0.1) is 0 Å². The lowest BCUT2D eigenvalue weighted by Crippen LogP contribution is -2.45. The Morgan fingerprint density at radius 1 is 0.455 bits per heavy atom. The van der Waals surface area contributed by atoms with Gasteiger partial charge in [-0.3, -0.25) is 4.79 Å². The number of nitrogens with one attached hydrogen (secondary N) is 1. The Bertz CT molecular complexity index is 1050. The summed E-state index contributed by atoms with van der Waals surface area (Å²) in [6.45, 7) is 4.10. The van der Waals surface area contributed by atoms with Crippen molar-refractivity contribution in [3.05, 3.63) is 97.2 Å². The van der Waals surface area contributed by atoms with Crippen molar-refractivity contribution in [3.63, 3.8) is 0 Å². The molecule has 0 heterocycles. The third-order valence-corrected chi connectivity index (χ3v) is 9.80. The van der Waals surface area contributed by atoms with E-state index in [2.05, 4.69) is 104 Å². The number of hydrogen-bond donors (Lipinski definition) is 3. The van der Waals surface area contributed by atoms with Gasteiger partial charge < -0.3 is 15.5 Å². The fourth-order valence-corrected chi connectivity index (χ4v) is 6.30. The highest BCUT2D eigenvalue weighted by atomic mass is 16.3. The first-order valence-electron chi connectivity index (χ1n) is 23.0. The van der Waals surface area contributed by atoms with Gasteiger partial charge in [-0.1, -0.05) is 214 Å².